The molecule has 1 saturated heterocycles. The lowest BCUT2D eigenvalue weighted by atomic mass is 9.88. The van der Waals surface area contributed by atoms with E-state index in [4.69, 9.17) is 4.74 Å². The number of halogens is 1. The van der Waals surface area contributed by atoms with Crippen molar-refractivity contribution in [1.82, 2.24) is 10.6 Å². The summed E-state index contributed by atoms with van der Waals surface area (Å²) in [5, 5.41) is 7.68. The summed E-state index contributed by atoms with van der Waals surface area (Å²) in [6, 6.07) is 16.3. The Morgan fingerprint density at radius 1 is 1.16 bits per heavy atom. The van der Waals surface area contributed by atoms with Crippen molar-refractivity contribution in [2.75, 3.05) is 19.1 Å². The first-order valence-electron chi connectivity index (χ1n) is 11.6. The zero-order chi connectivity index (χ0) is 21.5. The molecule has 0 radical (unpaired) electrons. The number of nitrogens with zero attached hydrogens (tertiary/aromatic N) is 1. The number of methoxy groups -OCH3 is 1. The van der Waals surface area contributed by atoms with Crippen LogP contribution >= 0.6 is 12.4 Å². The molecule has 5 nitrogen and oxygen atoms in total. The molecule has 1 aliphatic carbocycles. The summed E-state index contributed by atoms with van der Waals surface area (Å²) < 4.78 is 5.77. The fraction of sp³-hybridized carbons (Fsp3) is 0.500. The normalized spacial score (nSPS) is 28.4. The van der Waals surface area contributed by atoms with Crippen LogP contribution in [0.2, 0.25) is 0 Å². The predicted octanol–water partition coefficient (Wildman–Crippen LogP) is 4.56. The van der Waals surface area contributed by atoms with Crippen LogP contribution in [-0.4, -0.2) is 32.1 Å². The Morgan fingerprint density at radius 3 is 2.66 bits per heavy atom. The summed E-state index contributed by atoms with van der Waals surface area (Å²) >= 11 is 0. The average molecular weight is 456 g/mol. The van der Waals surface area contributed by atoms with Crippen LogP contribution in [0.1, 0.15) is 61.3 Å². The maximum atomic E-state index is 12.5. The van der Waals surface area contributed by atoms with Crippen molar-refractivity contribution in [1.29, 1.82) is 0 Å². The number of carbonyl (C=O) groups excluding carboxylic acids is 1. The molecule has 1 unspecified atom stereocenters. The number of hydrogen-bond donors (Lipinski definition) is 2. The molecule has 5 rings (SSSR count). The minimum atomic E-state index is 0. The standard InChI is InChI=1S/C26H33N3O2.ClH/c1-4-18-10-11-22(25(28-18)16-8-6-5-7-9-16)27-15-17-12-23-20(14-24(17)31-3)19-13-21(19)26(30)29(23)2;/h5-9,12,14,18-19,21-22,25,27-28H,4,10-11,13,15H2,1-3H3;1H/t18-,19?,21-,22-,25-;/m0./s1. The van der Waals surface area contributed by atoms with Gasteiger partial charge in [-0.15, -0.1) is 12.4 Å². The summed E-state index contributed by atoms with van der Waals surface area (Å²) in [7, 11) is 3.65. The van der Waals surface area contributed by atoms with Crippen LogP contribution in [0.5, 0.6) is 5.75 Å². The second-order valence-electron chi connectivity index (χ2n) is 9.29. The van der Waals surface area contributed by atoms with Gasteiger partial charge in [0, 0.05) is 48.9 Å². The van der Waals surface area contributed by atoms with Crippen molar-refractivity contribution in [2.45, 2.75) is 63.2 Å². The lowest BCUT2D eigenvalue weighted by Crippen LogP contribution is -2.49. The lowest BCUT2D eigenvalue weighted by molar-refractivity contribution is -0.119. The van der Waals surface area contributed by atoms with E-state index in [9.17, 15) is 4.79 Å². The van der Waals surface area contributed by atoms with Gasteiger partial charge in [0.15, 0.2) is 0 Å². The van der Waals surface area contributed by atoms with E-state index in [1.165, 1.54) is 17.5 Å². The fourth-order valence-corrected chi connectivity index (χ4v) is 5.49. The first-order chi connectivity index (χ1) is 15.1. The highest BCUT2D eigenvalue weighted by atomic mass is 35.5. The Labute approximate surface area is 197 Å². The minimum absolute atomic E-state index is 0. The van der Waals surface area contributed by atoms with Crippen LogP contribution in [0.25, 0.3) is 0 Å². The Morgan fingerprint density at radius 2 is 1.94 bits per heavy atom. The highest BCUT2D eigenvalue weighted by Gasteiger charge is 2.50. The Hall–Kier alpha value is -2.08. The highest BCUT2D eigenvalue weighted by molar-refractivity contribution is 6.01. The molecule has 0 spiro atoms. The van der Waals surface area contributed by atoms with Gasteiger partial charge in [-0.2, -0.15) is 0 Å². The summed E-state index contributed by atoms with van der Waals surface area (Å²) in [6.45, 7) is 2.98. The van der Waals surface area contributed by atoms with Crippen molar-refractivity contribution in [3.8, 4) is 5.75 Å². The Kier molecular flexibility index (Phi) is 6.80. The third kappa shape index (κ3) is 4.14. The van der Waals surface area contributed by atoms with Crippen LogP contribution in [0.15, 0.2) is 42.5 Å². The molecule has 0 bridgehead atoms. The molecule has 1 saturated carbocycles. The number of amides is 1. The predicted molar refractivity (Wildman–Crippen MR) is 131 cm³/mol. The monoisotopic (exact) mass is 455 g/mol. The number of carbonyl (C=O) groups is 1. The van der Waals surface area contributed by atoms with E-state index in [0.717, 1.165) is 42.8 Å². The van der Waals surface area contributed by atoms with Gasteiger partial charge in [0.1, 0.15) is 5.75 Å². The van der Waals surface area contributed by atoms with E-state index in [1.54, 1.807) is 7.11 Å². The molecule has 32 heavy (non-hydrogen) atoms. The van der Waals surface area contributed by atoms with Gasteiger partial charge in [-0.1, -0.05) is 37.3 Å². The highest BCUT2D eigenvalue weighted by Crippen LogP contribution is 2.56. The Balaban J connectivity index is 0.00000245. The molecule has 2 aromatic rings. The number of rotatable bonds is 6. The third-order valence-electron chi connectivity index (χ3n) is 7.48. The van der Waals surface area contributed by atoms with Crippen molar-refractivity contribution < 1.29 is 9.53 Å². The van der Waals surface area contributed by atoms with E-state index in [0.29, 0.717) is 24.0 Å². The number of ether oxygens (including phenoxy) is 1. The molecule has 2 aliphatic heterocycles. The quantitative estimate of drug-likeness (QED) is 0.670. The first-order valence-corrected chi connectivity index (χ1v) is 11.6. The molecule has 2 heterocycles. The second-order valence-corrected chi connectivity index (χ2v) is 9.29. The van der Waals surface area contributed by atoms with Crippen molar-refractivity contribution in [3.63, 3.8) is 0 Å². The summed E-state index contributed by atoms with van der Waals surface area (Å²) in [6.07, 6.45) is 4.44. The molecule has 6 heteroatoms. The van der Waals surface area contributed by atoms with E-state index in [-0.39, 0.29) is 24.2 Å². The maximum Gasteiger partial charge on any atom is 0.230 e. The smallest absolute Gasteiger partial charge is 0.230 e. The van der Waals surface area contributed by atoms with Crippen molar-refractivity contribution >= 4 is 24.0 Å². The van der Waals surface area contributed by atoms with E-state index in [1.807, 2.05) is 11.9 Å². The number of anilines is 1. The number of benzene rings is 2. The van der Waals surface area contributed by atoms with Crippen LogP contribution in [0.3, 0.4) is 0 Å². The zero-order valence-electron chi connectivity index (χ0n) is 19.1. The van der Waals surface area contributed by atoms with E-state index in [2.05, 4.69) is 60.0 Å². The lowest BCUT2D eigenvalue weighted by Gasteiger charge is -2.38. The summed E-state index contributed by atoms with van der Waals surface area (Å²) in [5.74, 6) is 1.74. The number of hydrogen-bond acceptors (Lipinski definition) is 4. The van der Waals surface area contributed by atoms with E-state index >= 15 is 0 Å². The summed E-state index contributed by atoms with van der Waals surface area (Å²) in [4.78, 5) is 14.4. The molecule has 5 atom stereocenters. The van der Waals surface area contributed by atoms with Gasteiger partial charge in [0.25, 0.3) is 0 Å². The summed E-state index contributed by atoms with van der Waals surface area (Å²) in [5.41, 5.74) is 4.76. The van der Waals surface area contributed by atoms with Crippen molar-refractivity contribution in [2.24, 2.45) is 5.92 Å². The molecule has 172 valence electrons. The van der Waals surface area contributed by atoms with Crippen LogP contribution in [-0.2, 0) is 11.3 Å². The largest absolute Gasteiger partial charge is 0.496 e. The SMILES string of the molecule is CC[C@H]1CC[C@H](NCc2cc3c(cc2OC)C2C[C@@H]2C(=O)N3C)[C@H](c2ccccc2)N1.Cl. The minimum Gasteiger partial charge on any atom is -0.496 e. The zero-order valence-corrected chi connectivity index (χ0v) is 20.0. The molecular weight excluding hydrogens is 422 g/mol. The second kappa shape index (κ2) is 9.42. The molecule has 2 fully saturated rings. The first kappa shape index (κ1) is 23.1. The van der Waals surface area contributed by atoms with Gasteiger partial charge in [0.2, 0.25) is 5.91 Å². The molecule has 3 aliphatic rings. The average Bonchev–Trinajstić information content (AvgIpc) is 3.62. The van der Waals surface area contributed by atoms with Gasteiger partial charge in [-0.3, -0.25) is 4.79 Å². The van der Waals surface area contributed by atoms with Crippen LogP contribution in [0.4, 0.5) is 5.69 Å². The molecule has 0 aromatic heterocycles. The number of fused-ring (bicyclic) bond motifs is 3. The van der Waals surface area contributed by atoms with E-state index < -0.39 is 0 Å². The van der Waals surface area contributed by atoms with Gasteiger partial charge in [-0.05, 0) is 54.9 Å². The maximum absolute atomic E-state index is 12.5. The van der Waals surface area contributed by atoms with Crippen LogP contribution in [0, 0.1) is 5.92 Å². The molecule has 2 aromatic carbocycles. The van der Waals surface area contributed by atoms with Gasteiger partial charge in [0.05, 0.1) is 7.11 Å². The number of nitrogens with one attached hydrogen (secondary N) is 2. The fourth-order valence-electron chi connectivity index (χ4n) is 5.49. The van der Waals surface area contributed by atoms with Gasteiger partial charge < -0.3 is 20.3 Å². The third-order valence-corrected chi connectivity index (χ3v) is 7.48. The van der Waals surface area contributed by atoms with Crippen molar-refractivity contribution in [3.05, 3.63) is 59.2 Å². The molecule has 2 N–H and O–H groups in total. The molecule has 1 amide bonds. The molecular formula is C26H34ClN3O2. The van der Waals surface area contributed by atoms with Crippen LogP contribution < -0.4 is 20.3 Å². The topological polar surface area (TPSA) is 53.6 Å². The van der Waals surface area contributed by atoms with Gasteiger partial charge in [-0.25, -0.2) is 0 Å². The number of piperidine rings is 1. The van der Waals surface area contributed by atoms with Gasteiger partial charge >= 0.3 is 0 Å². The Bertz CT molecular complexity index is 967.